The van der Waals surface area contributed by atoms with E-state index in [1.54, 1.807) is 12.1 Å². The van der Waals surface area contributed by atoms with E-state index in [4.69, 9.17) is 0 Å². The average Bonchev–Trinajstić information content (AvgIpc) is 2.58. The van der Waals surface area contributed by atoms with Crippen LogP contribution in [0, 0.1) is 6.92 Å². The van der Waals surface area contributed by atoms with E-state index < -0.39 is 0 Å². The fourth-order valence-electron chi connectivity index (χ4n) is 2.28. The summed E-state index contributed by atoms with van der Waals surface area (Å²) in [5, 5.41) is 0. The first-order valence-corrected chi connectivity index (χ1v) is 8.02. The minimum Gasteiger partial charge on any atom is -0.289 e. The Labute approximate surface area is 137 Å². The lowest BCUT2D eigenvalue weighted by molar-refractivity contribution is 0.102. The molecule has 0 heterocycles. The second-order valence-electron chi connectivity index (χ2n) is 5.73. The molecule has 0 aromatic heterocycles. The number of carbonyl (C=O) groups is 2. The van der Waals surface area contributed by atoms with Crippen LogP contribution in [0.25, 0.3) is 0 Å². The van der Waals surface area contributed by atoms with Crippen molar-refractivity contribution in [3.63, 3.8) is 0 Å². The molecule has 2 aromatic carbocycles. The molecule has 0 fully saturated rings. The summed E-state index contributed by atoms with van der Waals surface area (Å²) < 4.78 is 0. The highest BCUT2D eigenvalue weighted by Crippen LogP contribution is 2.10. The molecule has 0 saturated heterocycles. The van der Waals surface area contributed by atoms with Crippen LogP contribution in [0.15, 0.2) is 60.7 Å². The van der Waals surface area contributed by atoms with Gasteiger partial charge in [-0.1, -0.05) is 67.4 Å². The lowest BCUT2D eigenvalue weighted by Gasteiger charge is -2.01. The van der Waals surface area contributed by atoms with Crippen molar-refractivity contribution < 1.29 is 9.59 Å². The minimum absolute atomic E-state index is 0.146. The van der Waals surface area contributed by atoms with Gasteiger partial charge in [-0.2, -0.15) is 0 Å². The van der Waals surface area contributed by atoms with Gasteiger partial charge in [0, 0.05) is 11.1 Å². The molecule has 0 aliphatic rings. The zero-order chi connectivity index (χ0) is 16.7. The number of rotatable bonds is 7. The van der Waals surface area contributed by atoms with Gasteiger partial charge in [0.05, 0.1) is 0 Å². The van der Waals surface area contributed by atoms with Crippen molar-refractivity contribution in [1.29, 1.82) is 0 Å². The van der Waals surface area contributed by atoms with Crippen LogP contribution >= 0.6 is 0 Å². The molecule has 0 amide bonds. The molecule has 0 saturated carbocycles. The van der Waals surface area contributed by atoms with Crippen molar-refractivity contribution in [3.05, 3.63) is 82.9 Å². The Morgan fingerprint density at radius 1 is 0.826 bits per heavy atom. The number of benzene rings is 2. The topological polar surface area (TPSA) is 34.1 Å². The van der Waals surface area contributed by atoms with Crippen molar-refractivity contribution >= 4 is 11.6 Å². The summed E-state index contributed by atoms with van der Waals surface area (Å²) in [6.07, 6.45) is 6.04. The minimum atomic E-state index is -0.155. The van der Waals surface area contributed by atoms with E-state index in [1.807, 2.05) is 43.3 Å². The predicted molar refractivity (Wildman–Crippen MR) is 94.0 cm³/mol. The lowest BCUT2D eigenvalue weighted by atomic mass is 10.0. The largest absolute Gasteiger partial charge is 0.289 e. The van der Waals surface area contributed by atoms with E-state index in [9.17, 15) is 9.59 Å². The number of ketones is 2. The highest BCUT2D eigenvalue weighted by Gasteiger charge is 2.05. The van der Waals surface area contributed by atoms with Gasteiger partial charge in [0.2, 0.25) is 0 Å². The summed E-state index contributed by atoms with van der Waals surface area (Å²) in [7, 11) is 0. The molecule has 0 aliphatic carbocycles. The number of hydrogen-bond acceptors (Lipinski definition) is 2. The van der Waals surface area contributed by atoms with Crippen molar-refractivity contribution in [2.45, 2.75) is 33.1 Å². The Morgan fingerprint density at radius 3 is 1.78 bits per heavy atom. The van der Waals surface area contributed by atoms with Crippen LogP contribution in [-0.2, 0) is 6.42 Å². The molecule has 2 rings (SSSR count). The van der Waals surface area contributed by atoms with Crippen LogP contribution in [-0.4, -0.2) is 11.6 Å². The van der Waals surface area contributed by atoms with E-state index in [2.05, 4.69) is 6.92 Å². The first-order valence-electron chi connectivity index (χ1n) is 8.02. The molecular formula is C21H22O2. The molecule has 2 aromatic rings. The summed E-state index contributed by atoms with van der Waals surface area (Å²) >= 11 is 0. The Hall–Kier alpha value is -2.48. The predicted octanol–water partition coefficient (Wildman–Crippen LogP) is 4.96. The summed E-state index contributed by atoms with van der Waals surface area (Å²) in [4.78, 5) is 24.1. The van der Waals surface area contributed by atoms with E-state index in [-0.39, 0.29) is 11.6 Å². The van der Waals surface area contributed by atoms with E-state index >= 15 is 0 Å². The van der Waals surface area contributed by atoms with Crippen LogP contribution in [0.3, 0.4) is 0 Å². The lowest BCUT2D eigenvalue weighted by Crippen LogP contribution is -1.99. The van der Waals surface area contributed by atoms with Gasteiger partial charge in [0.15, 0.2) is 11.6 Å². The van der Waals surface area contributed by atoms with Crippen LogP contribution in [0.5, 0.6) is 0 Å². The first kappa shape index (κ1) is 16.9. The maximum atomic E-state index is 12.1. The van der Waals surface area contributed by atoms with Crippen LogP contribution in [0.1, 0.15) is 51.6 Å². The number of carbonyl (C=O) groups excluding carboxylic acids is 2. The smallest absolute Gasteiger partial charge is 0.185 e. The third-order valence-corrected chi connectivity index (χ3v) is 3.78. The van der Waals surface area contributed by atoms with Crippen LogP contribution in [0.4, 0.5) is 0 Å². The third-order valence-electron chi connectivity index (χ3n) is 3.78. The molecule has 0 N–H and O–H groups in total. The van der Waals surface area contributed by atoms with Gasteiger partial charge in [0.25, 0.3) is 0 Å². The van der Waals surface area contributed by atoms with Crippen molar-refractivity contribution in [1.82, 2.24) is 0 Å². The van der Waals surface area contributed by atoms with E-state index in [1.165, 1.54) is 17.7 Å². The molecule has 0 radical (unpaired) electrons. The zero-order valence-corrected chi connectivity index (χ0v) is 13.7. The first-order chi connectivity index (χ1) is 11.1. The fraction of sp³-hybridized carbons (Fsp3) is 0.238. The number of aryl methyl sites for hydroxylation is 2. The summed E-state index contributed by atoms with van der Waals surface area (Å²) in [6, 6.07) is 14.9. The summed E-state index contributed by atoms with van der Waals surface area (Å²) in [5.41, 5.74) is 3.54. The second kappa shape index (κ2) is 8.23. The van der Waals surface area contributed by atoms with E-state index in [0.717, 1.165) is 24.8 Å². The summed E-state index contributed by atoms with van der Waals surface area (Å²) in [6.45, 7) is 4.13. The van der Waals surface area contributed by atoms with E-state index in [0.29, 0.717) is 11.1 Å². The standard InChI is InChI=1S/C21H22O2/c1-3-4-5-17-8-12-19(13-9-17)21(23)15-14-20(22)18-10-6-16(2)7-11-18/h6-15H,3-5H2,1-2H3/b15-14+. The Bertz CT molecular complexity index is 692. The van der Waals surface area contributed by atoms with Gasteiger partial charge in [-0.25, -0.2) is 0 Å². The molecule has 0 spiro atoms. The van der Waals surface area contributed by atoms with Crippen LogP contribution in [0.2, 0.25) is 0 Å². The SMILES string of the molecule is CCCCc1ccc(C(=O)/C=C/C(=O)c2ccc(C)cc2)cc1. The number of unbranched alkanes of at least 4 members (excludes halogenated alkanes) is 1. The summed E-state index contributed by atoms with van der Waals surface area (Å²) in [5.74, 6) is -0.301. The maximum Gasteiger partial charge on any atom is 0.185 e. The van der Waals surface area contributed by atoms with Crippen molar-refractivity contribution in [3.8, 4) is 0 Å². The number of hydrogen-bond donors (Lipinski definition) is 0. The molecule has 0 unspecified atom stereocenters. The third kappa shape index (κ3) is 5.03. The normalized spacial score (nSPS) is 10.9. The highest BCUT2D eigenvalue weighted by molar-refractivity contribution is 6.11. The van der Waals surface area contributed by atoms with Gasteiger partial charge in [-0.3, -0.25) is 9.59 Å². The van der Waals surface area contributed by atoms with Gasteiger partial charge in [0.1, 0.15) is 0 Å². The maximum absolute atomic E-state index is 12.1. The average molecular weight is 306 g/mol. The molecule has 2 heteroatoms. The molecule has 2 nitrogen and oxygen atoms in total. The van der Waals surface area contributed by atoms with Gasteiger partial charge < -0.3 is 0 Å². The monoisotopic (exact) mass is 306 g/mol. The highest BCUT2D eigenvalue weighted by atomic mass is 16.1. The zero-order valence-electron chi connectivity index (χ0n) is 13.7. The van der Waals surface area contributed by atoms with Gasteiger partial charge >= 0.3 is 0 Å². The Balaban J connectivity index is 2.00. The molecular weight excluding hydrogens is 284 g/mol. The molecule has 0 bridgehead atoms. The van der Waals surface area contributed by atoms with Gasteiger partial charge in [-0.05, 0) is 37.5 Å². The number of allylic oxidation sites excluding steroid dienone is 2. The van der Waals surface area contributed by atoms with Gasteiger partial charge in [-0.15, -0.1) is 0 Å². The van der Waals surface area contributed by atoms with Crippen molar-refractivity contribution in [2.24, 2.45) is 0 Å². The molecule has 0 aliphatic heterocycles. The fourth-order valence-corrected chi connectivity index (χ4v) is 2.28. The Kier molecular flexibility index (Phi) is 6.04. The van der Waals surface area contributed by atoms with Crippen LogP contribution < -0.4 is 0 Å². The molecule has 118 valence electrons. The molecule has 23 heavy (non-hydrogen) atoms. The Morgan fingerprint density at radius 2 is 1.30 bits per heavy atom. The molecule has 0 atom stereocenters. The quantitative estimate of drug-likeness (QED) is 0.535. The van der Waals surface area contributed by atoms with Crippen molar-refractivity contribution in [2.75, 3.05) is 0 Å². The second-order valence-corrected chi connectivity index (χ2v) is 5.73.